The molecule has 0 aliphatic heterocycles. The van der Waals surface area contributed by atoms with Crippen LogP contribution in [-0.2, 0) is 0 Å². The summed E-state index contributed by atoms with van der Waals surface area (Å²) in [6, 6.07) is 7.71. The van der Waals surface area contributed by atoms with Gasteiger partial charge in [-0.05, 0) is 26.0 Å². The van der Waals surface area contributed by atoms with Crippen LogP contribution in [0.1, 0.15) is 23.9 Å². The summed E-state index contributed by atoms with van der Waals surface area (Å²) in [7, 11) is 1.64. The smallest absolute Gasteiger partial charge is 0.239 e. The van der Waals surface area contributed by atoms with Crippen LogP contribution >= 0.6 is 11.8 Å². The molecule has 1 aromatic carbocycles. The summed E-state index contributed by atoms with van der Waals surface area (Å²) in [5.74, 6) is 1.94. The third-order valence-corrected chi connectivity index (χ3v) is 4.08. The highest BCUT2D eigenvalue weighted by atomic mass is 32.2. The Morgan fingerprint density at radius 3 is 2.86 bits per heavy atom. The van der Waals surface area contributed by atoms with Crippen LogP contribution in [0.25, 0.3) is 5.69 Å². The number of aryl methyl sites for hydroxylation is 1. The molecule has 2 heterocycles. The Hall–Kier alpha value is -2.35. The zero-order chi connectivity index (χ0) is 15.5. The Morgan fingerprint density at radius 1 is 1.32 bits per heavy atom. The lowest BCUT2D eigenvalue weighted by Gasteiger charge is -2.11. The monoisotopic (exact) mass is 317 g/mol. The summed E-state index contributed by atoms with van der Waals surface area (Å²) in [4.78, 5) is 4.25. The first-order valence-corrected chi connectivity index (χ1v) is 7.57. The van der Waals surface area contributed by atoms with Gasteiger partial charge in [-0.15, -0.1) is 10.2 Å². The van der Waals surface area contributed by atoms with E-state index in [1.165, 1.54) is 11.8 Å². The number of rotatable bonds is 5. The van der Waals surface area contributed by atoms with Gasteiger partial charge in [-0.25, -0.2) is 0 Å². The number of aromatic nitrogens is 5. The highest BCUT2D eigenvalue weighted by Gasteiger charge is 2.19. The summed E-state index contributed by atoms with van der Waals surface area (Å²) >= 11 is 1.49. The first-order chi connectivity index (χ1) is 10.7. The fourth-order valence-electron chi connectivity index (χ4n) is 1.99. The molecule has 0 fully saturated rings. The van der Waals surface area contributed by atoms with Gasteiger partial charge in [-0.1, -0.05) is 29.1 Å². The van der Waals surface area contributed by atoms with Crippen molar-refractivity contribution in [2.45, 2.75) is 24.3 Å². The number of benzene rings is 1. The third kappa shape index (κ3) is 2.82. The topological polar surface area (TPSA) is 78.9 Å². The highest BCUT2D eigenvalue weighted by Crippen LogP contribution is 2.35. The summed E-state index contributed by atoms with van der Waals surface area (Å²) in [6.07, 6.45) is 1.66. The van der Waals surface area contributed by atoms with Gasteiger partial charge < -0.3 is 9.26 Å². The van der Waals surface area contributed by atoms with E-state index in [1.807, 2.05) is 35.8 Å². The van der Waals surface area contributed by atoms with Crippen molar-refractivity contribution in [1.29, 1.82) is 0 Å². The third-order valence-electron chi connectivity index (χ3n) is 3.03. The van der Waals surface area contributed by atoms with Crippen molar-refractivity contribution >= 4 is 11.8 Å². The molecule has 1 atom stereocenters. The van der Waals surface area contributed by atoms with Gasteiger partial charge in [0.1, 0.15) is 12.1 Å². The van der Waals surface area contributed by atoms with E-state index >= 15 is 0 Å². The minimum atomic E-state index is -0.0288. The molecule has 114 valence electrons. The number of thioether (sulfide) groups is 1. The Balaban J connectivity index is 1.89. The first-order valence-electron chi connectivity index (χ1n) is 6.69. The van der Waals surface area contributed by atoms with Crippen LogP contribution in [0.3, 0.4) is 0 Å². The molecule has 0 N–H and O–H groups in total. The highest BCUT2D eigenvalue weighted by molar-refractivity contribution is 7.99. The zero-order valence-electron chi connectivity index (χ0n) is 12.4. The van der Waals surface area contributed by atoms with Gasteiger partial charge in [0.2, 0.25) is 5.89 Å². The number of nitrogens with zero attached hydrogens (tertiary/aromatic N) is 5. The maximum atomic E-state index is 5.39. The van der Waals surface area contributed by atoms with E-state index in [1.54, 1.807) is 20.4 Å². The van der Waals surface area contributed by atoms with E-state index in [0.717, 1.165) is 16.6 Å². The van der Waals surface area contributed by atoms with Gasteiger partial charge in [0.05, 0.1) is 18.0 Å². The maximum absolute atomic E-state index is 5.39. The molecule has 0 saturated carbocycles. The molecule has 8 heteroatoms. The van der Waals surface area contributed by atoms with Crippen LogP contribution in [0.4, 0.5) is 0 Å². The molecule has 22 heavy (non-hydrogen) atoms. The second-order valence-electron chi connectivity index (χ2n) is 4.60. The summed E-state index contributed by atoms with van der Waals surface area (Å²) in [6.45, 7) is 3.78. The lowest BCUT2D eigenvalue weighted by Crippen LogP contribution is -2.00. The minimum Gasteiger partial charge on any atom is -0.495 e. The lowest BCUT2D eigenvalue weighted by molar-refractivity contribution is 0.376. The van der Waals surface area contributed by atoms with Gasteiger partial charge >= 0.3 is 0 Å². The molecule has 0 aliphatic carbocycles. The molecule has 2 aromatic heterocycles. The van der Waals surface area contributed by atoms with Crippen LogP contribution in [0, 0.1) is 6.92 Å². The molecule has 0 amide bonds. The van der Waals surface area contributed by atoms with Crippen molar-refractivity contribution in [3.8, 4) is 11.4 Å². The molecule has 0 bridgehead atoms. The number of hydrogen-bond acceptors (Lipinski definition) is 7. The van der Waals surface area contributed by atoms with Crippen molar-refractivity contribution in [3.63, 3.8) is 0 Å². The first kappa shape index (κ1) is 14.6. The van der Waals surface area contributed by atoms with Gasteiger partial charge in [-0.2, -0.15) is 4.98 Å². The van der Waals surface area contributed by atoms with Gasteiger partial charge in [-0.3, -0.25) is 4.57 Å². The normalized spacial score (nSPS) is 12.3. The Labute approximate surface area is 131 Å². The van der Waals surface area contributed by atoms with E-state index in [9.17, 15) is 0 Å². The standard InChI is InChI=1S/C14H15N5O2S/c1-9(13-16-10(2)18-21-13)22-14-17-15-8-19(14)11-6-4-5-7-12(11)20-3/h4-9H,1-3H3. The molecule has 0 radical (unpaired) electrons. The second-order valence-corrected chi connectivity index (χ2v) is 5.90. The molecule has 1 unspecified atom stereocenters. The predicted octanol–water partition coefficient (Wildman–Crippen LogP) is 2.82. The minimum absolute atomic E-state index is 0.0288. The molecule has 7 nitrogen and oxygen atoms in total. The molecule has 3 rings (SSSR count). The number of para-hydroxylation sites is 2. The second kappa shape index (κ2) is 6.18. The fourth-order valence-corrected chi connectivity index (χ4v) is 2.85. The zero-order valence-corrected chi connectivity index (χ0v) is 13.2. The molecule has 0 saturated heterocycles. The van der Waals surface area contributed by atoms with Gasteiger partial charge in [0, 0.05) is 0 Å². The largest absolute Gasteiger partial charge is 0.495 e. The van der Waals surface area contributed by atoms with Crippen LogP contribution in [-0.4, -0.2) is 32.0 Å². The van der Waals surface area contributed by atoms with E-state index < -0.39 is 0 Å². The maximum Gasteiger partial charge on any atom is 0.239 e. The average Bonchev–Trinajstić information content (AvgIpc) is 3.16. The van der Waals surface area contributed by atoms with Crippen molar-refractivity contribution < 1.29 is 9.26 Å². The average molecular weight is 317 g/mol. The van der Waals surface area contributed by atoms with Gasteiger partial charge in [0.15, 0.2) is 11.0 Å². The van der Waals surface area contributed by atoms with E-state index in [4.69, 9.17) is 9.26 Å². The summed E-state index contributed by atoms with van der Waals surface area (Å²) < 4.78 is 12.5. The van der Waals surface area contributed by atoms with Crippen LogP contribution < -0.4 is 4.74 Å². The summed E-state index contributed by atoms with van der Waals surface area (Å²) in [5, 5.41) is 12.7. The van der Waals surface area contributed by atoms with Crippen LogP contribution in [0.5, 0.6) is 5.75 Å². The molecular weight excluding hydrogens is 302 g/mol. The van der Waals surface area contributed by atoms with Crippen LogP contribution in [0.2, 0.25) is 0 Å². The molecule has 3 aromatic rings. The Kier molecular flexibility index (Phi) is 4.10. The van der Waals surface area contributed by atoms with E-state index in [2.05, 4.69) is 20.3 Å². The van der Waals surface area contributed by atoms with E-state index in [-0.39, 0.29) is 5.25 Å². The number of ether oxygens (including phenoxy) is 1. The Bertz CT molecular complexity index is 770. The van der Waals surface area contributed by atoms with Crippen molar-refractivity contribution in [2.75, 3.05) is 7.11 Å². The Morgan fingerprint density at radius 2 is 2.14 bits per heavy atom. The lowest BCUT2D eigenvalue weighted by atomic mass is 10.3. The molecule has 0 aliphatic rings. The fraction of sp³-hybridized carbons (Fsp3) is 0.286. The molecular formula is C14H15N5O2S. The van der Waals surface area contributed by atoms with Crippen molar-refractivity contribution in [3.05, 3.63) is 42.3 Å². The van der Waals surface area contributed by atoms with Crippen molar-refractivity contribution in [2.24, 2.45) is 0 Å². The van der Waals surface area contributed by atoms with E-state index in [0.29, 0.717) is 11.7 Å². The van der Waals surface area contributed by atoms with Gasteiger partial charge in [0.25, 0.3) is 0 Å². The number of hydrogen-bond donors (Lipinski definition) is 0. The predicted molar refractivity (Wildman–Crippen MR) is 81.2 cm³/mol. The van der Waals surface area contributed by atoms with Crippen LogP contribution in [0.15, 0.2) is 40.3 Å². The number of methoxy groups -OCH3 is 1. The quantitative estimate of drug-likeness (QED) is 0.669. The molecule has 0 spiro atoms. The SMILES string of the molecule is COc1ccccc1-n1cnnc1SC(C)c1nc(C)no1. The summed E-state index contributed by atoms with van der Waals surface area (Å²) in [5.41, 5.74) is 0.881. The van der Waals surface area contributed by atoms with Crippen molar-refractivity contribution in [1.82, 2.24) is 24.9 Å².